The van der Waals surface area contributed by atoms with Crippen LogP contribution < -0.4 is 15.4 Å². The van der Waals surface area contributed by atoms with Gasteiger partial charge in [-0.3, -0.25) is 0 Å². The van der Waals surface area contributed by atoms with Gasteiger partial charge >= 0.3 is 0 Å². The quantitative estimate of drug-likeness (QED) is 0.393. The summed E-state index contributed by atoms with van der Waals surface area (Å²) in [5, 5.41) is 11.9. The van der Waals surface area contributed by atoms with Crippen LogP contribution in [0.15, 0.2) is 47.6 Å². The summed E-state index contributed by atoms with van der Waals surface area (Å²) in [4.78, 5) is 1.99. The van der Waals surface area contributed by atoms with Gasteiger partial charge in [0.15, 0.2) is 5.84 Å². The van der Waals surface area contributed by atoms with E-state index in [2.05, 4.69) is 5.16 Å². The number of nitrogens with zero attached hydrogens (tertiary/aromatic N) is 2. The summed E-state index contributed by atoms with van der Waals surface area (Å²) in [6.45, 7) is 0. The van der Waals surface area contributed by atoms with Gasteiger partial charge in [0.05, 0.1) is 5.02 Å². The van der Waals surface area contributed by atoms with Crippen LogP contribution in [0.3, 0.4) is 0 Å². The van der Waals surface area contributed by atoms with E-state index in [4.69, 9.17) is 27.3 Å². The number of ether oxygens (including phenoxy) is 1. The Kier molecular flexibility index (Phi) is 4.55. The smallest absolute Gasteiger partial charge is 0.171 e. The number of benzene rings is 2. The number of rotatable bonds is 4. The molecule has 0 saturated carbocycles. The first-order valence-corrected chi connectivity index (χ1v) is 6.61. The molecule has 0 radical (unpaired) electrons. The van der Waals surface area contributed by atoms with Crippen molar-refractivity contribution in [2.75, 3.05) is 19.0 Å². The van der Waals surface area contributed by atoms with Crippen LogP contribution in [0.4, 0.5) is 5.69 Å². The number of anilines is 1. The molecule has 0 atom stereocenters. The topological polar surface area (TPSA) is 71.1 Å². The van der Waals surface area contributed by atoms with Crippen molar-refractivity contribution in [3.63, 3.8) is 0 Å². The number of amidine groups is 1. The SMILES string of the molecule is CN(C)c1cccc(Oc2ccc(C(N)=NO)c(Cl)c2)c1. The van der Waals surface area contributed by atoms with Crippen molar-refractivity contribution < 1.29 is 9.94 Å². The van der Waals surface area contributed by atoms with Gasteiger partial charge in [0, 0.05) is 37.5 Å². The van der Waals surface area contributed by atoms with Crippen LogP contribution >= 0.6 is 11.6 Å². The first-order valence-electron chi connectivity index (χ1n) is 6.24. The first kappa shape index (κ1) is 15.0. The summed E-state index contributed by atoms with van der Waals surface area (Å²) in [6, 6.07) is 12.7. The predicted molar refractivity (Wildman–Crippen MR) is 84.8 cm³/mol. The minimum absolute atomic E-state index is 0.0406. The molecular weight excluding hydrogens is 290 g/mol. The lowest BCUT2D eigenvalue weighted by Crippen LogP contribution is -2.13. The lowest BCUT2D eigenvalue weighted by molar-refractivity contribution is 0.318. The van der Waals surface area contributed by atoms with Crippen LogP contribution in [0.5, 0.6) is 11.5 Å². The van der Waals surface area contributed by atoms with Crippen LogP contribution in [0.2, 0.25) is 5.02 Å². The van der Waals surface area contributed by atoms with Crippen molar-refractivity contribution in [1.82, 2.24) is 0 Å². The maximum absolute atomic E-state index is 8.67. The third kappa shape index (κ3) is 3.58. The Bertz CT molecular complexity index is 672. The summed E-state index contributed by atoms with van der Waals surface area (Å²) in [6.07, 6.45) is 0. The highest BCUT2D eigenvalue weighted by Crippen LogP contribution is 2.28. The maximum atomic E-state index is 8.67. The lowest BCUT2D eigenvalue weighted by Gasteiger charge is -2.14. The fourth-order valence-electron chi connectivity index (χ4n) is 1.78. The van der Waals surface area contributed by atoms with E-state index in [1.165, 1.54) is 0 Å². The van der Waals surface area contributed by atoms with E-state index in [0.29, 0.717) is 22.1 Å². The standard InChI is InChI=1S/C15H16ClN3O2/c1-19(2)10-4-3-5-11(8-10)21-12-6-7-13(14(16)9-12)15(17)18-20/h3-9,20H,1-2H3,(H2,17,18). The predicted octanol–water partition coefficient (Wildman–Crippen LogP) is 3.29. The van der Waals surface area contributed by atoms with Gasteiger partial charge in [-0.2, -0.15) is 0 Å². The minimum atomic E-state index is -0.0406. The molecule has 5 nitrogen and oxygen atoms in total. The molecule has 0 bridgehead atoms. The molecule has 21 heavy (non-hydrogen) atoms. The summed E-state index contributed by atoms with van der Waals surface area (Å²) in [5.41, 5.74) is 7.01. The molecule has 0 spiro atoms. The highest BCUT2D eigenvalue weighted by Gasteiger charge is 2.08. The van der Waals surface area contributed by atoms with Gasteiger partial charge in [-0.05, 0) is 24.3 Å². The summed E-state index contributed by atoms with van der Waals surface area (Å²) < 4.78 is 5.76. The third-order valence-corrected chi connectivity index (χ3v) is 3.21. The molecule has 2 aromatic carbocycles. The molecule has 2 aromatic rings. The summed E-state index contributed by atoms with van der Waals surface area (Å²) in [5.74, 6) is 1.24. The second-order valence-corrected chi connectivity index (χ2v) is 5.03. The molecule has 0 aliphatic carbocycles. The van der Waals surface area contributed by atoms with E-state index in [-0.39, 0.29) is 5.84 Å². The largest absolute Gasteiger partial charge is 0.457 e. The zero-order chi connectivity index (χ0) is 15.4. The van der Waals surface area contributed by atoms with E-state index in [0.717, 1.165) is 5.69 Å². The highest BCUT2D eigenvalue weighted by atomic mass is 35.5. The minimum Gasteiger partial charge on any atom is -0.457 e. The molecule has 0 amide bonds. The van der Waals surface area contributed by atoms with Crippen molar-refractivity contribution >= 4 is 23.1 Å². The Morgan fingerprint density at radius 2 is 1.90 bits per heavy atom. The normalized spacial score (nSPS) is 11.3. The van der Waals surface area contributed by atoms with Gasteiger partial charge in [-0.25, -0.2) is 0 Å². The number of hydrogen-bond acceptors (Lipinski definition) is 4. The van der Waals surface area contributed by atoms with Crippen molar-refractivity contribution in [1.29, 1.82) is 0 Å². The number of halogens is 1. The number of nitrogens with two attached hydrogens (primary N) is 1. The zero-order valence-corrected chi connectivity index (χ0v) is 12.5. The Hall–Kier alpha value is -2.40. The van der Waals surface area contributed by atoms with E-state index in [1.54, 1.807) is 18.2 Å². The van der Waals surface area contributed by atoms with Crippen LogP contribution in [0.25, 0.3) is 0 Å². The molecule has 3 N–H and O–H groups in total. The van der Waals surface area contributed by atoms with E-state index >= 15 is 0 Å². The number of hydrogen-bond donors (Lipinski definition) is 2. The fourth-order valence-corrected chi connectivity index (χ4v) is 2.05. The van der Waals surface area contributed by atoms with Crippen molar-refractivity contribution in [3.8, 4) is 11.5 Å². The molecular formula is C15H16ClN3O2. The molecule has 0 aliphatic heterocycles. The van der Waals surface area contributed by atoms with Crippen molar-refractivity contribution in [2.24, 2.45) is 10.9 Å². The third-order valence-electron chi connectivity index (χ3n) is 2.89. The Morgan fingerprint density at radius 3 is 2.52 bits per heavy atom. The van der Waals surface area contributed by atoms with Gasteiger partial charge < -0.3 is 20.6 Å². The Balaban J connectivity index is 2.24. The molecule has 0 aliphatic rings. The molecule has 0 fully saturated rings. The molecule has 110 valence electrons. The zero-order valence-electron chi connectivity index (χ0n) is 11.7. The van der Waals surface area contributed by atoms with Gasteiger partial charge in [-0.1, -0.05) is 22.8 Å². The second kappa shape index (κ2) is 6.37. The average molecular weight is 306 g/mol. The fraction of sp³-hybridized carbons (Fsp3) is 0.133. The Morgan fingerprint density at radius 1 is 1.19 bits per heavy atom. The van der Waals surface area contributed by atoms with E-state index in [1.807, 2.05) is 43.3 Å². The highest BCUT2D eigenvalue weighted by molar-refractivity contribution is 6.34. The van der Waals surface area contributed by atoms with Crippen molar-refractivity contribution in [2.45, 2.75) is 0 Å². The maximum Gasteiger partial charge on any atom is 0.171 e. The Labute approximate surface area is 128 Å². The van der Waals surface area contributed by atoms with Gasteiger partial charge in [0.25, 0.3) is 0 Å². The average Bonchev–Trinajstić information content (AvgIpc) is 2.47. The van der Waals surface area contributed by atoms with Crippen LogP contribution in [0, 0.1) is 0 Å². The van der Waals surface area contributed by atoms with Crippen molar-refractivity contribution in [3.05, 3.63) is 53.1 Å². The van der Waals surface area contributed by atoms with Gasteiger partial charge in [0.1, 0.15) is 11.5 Å². The van der Waals surface area contributed by atoms with Gasteiger partial charge in [-0.15, -0.1) is 0 Å². The summed E-state index contributed by atoms with van der Waals surface area (Å²) >= 11 is 6.09. The molecule has 0 unspecified atom stereocenters. The van der Waals surface area contributed by atoms with Crippen LogP contribution in [-0.2, 0) is 0 Å². The van der Waals surface area contributed by atoms with Gasteiger partial charge in [0.2, 0.25) is 0 Å². The van der Waals surface area contributed by atoms with Crippen LogP contribution in [-0.4, -0.2) is 25.1 Å². The molecule has 6 heteroatoms. The van der Waals surface area contributed by atoms with Crippen LogP contribution in [0.1, 0.15) is 5.56 Å². The summed E-state index contributed by atoms with van der Waals surface area (Å²) in [7, 11) is 3.92. The second-order valence-electron chi connectivity index (χ2n) is 4.62. The lowest BCUT2D eigenvalue weighted by atomic mass is 10.2. The molecule has 0 saturated heterocycles. The first-order chi connectivity index (χ1) is 10.0. The number of oxime groups is 1. The monoisotopic (exact) mass is 305 g/mol. The van der Waals surface area contributed by atoms with E-state index in [9.17, 15) is 0 Å². The molecule has 0 aromatic heterocycles. The van der Waals surface area contributed by atoms with E-state index < -0.39 is 0 Å². The molecule has 0 heterocycles. The molecule has 2 rings (SSSR count).